The monoisotopic (exact) mass is 338 g/mol. The lowest BCUT2D eigenvalue weighted by Crippen LogP contribution is -2.38. The molecule has 2 heterocycles. The summed E-state index contributed by atoms with van der Waals surface area (Å²) in [6.07, 6.45) is 2.72. The van der Waals surface area contributed by atoms with Crippen molar-refractivity contribution >= 4 is 39.7 Å². The number of piperidine rings is 1. The van der Waals surface area contributed by atoms with Gasteiger partial charge < -0.3 is 5.32 Å². The maximum Gasteiger partial charge on any atom is 0.0701 e. The van der Waals surface area contributed by atoms with Gasteiger partial charge in [-0.15, -0.1) is 23.7 Å². The van der Waals surface area contributed by atoms with Crippen LogP contribution in [0, 0.1) is 5.92 Å². The van der Waals surface area contributed by atoms with E-state index in [0.717, 1.165) is 19.0 Å². The predicted molar refractivity (Wildman–Crippen MR) is 81.2 cm³/mol. The molecule has 1 saturated heterocycles. The minimum Gasteiger partial charge on any atom is -0.319 e. The molecule has 0 bridgehead atoms. The minimum absolute atomic E-state index is 0. The van der Waals surface area contributed by atoms with Crippen molar-refractivity contribution in [1.29, 1.82) is 0 Å². The first-order valence-corrected chi connectivity index (χ1v) is 7.55. The van der Waals surface area contributed by atoms with E-state index in [1.165, 1.54) is 35.3 Å². The summed E-state index contributed by atoms with van der Waals surface area (Å²) in [6, 6.07) is 2.24. The molecule has 1 fully saturated rings. The molecular formula is C12H20BrClN2S. The van der Waals surface area contributed by atoms with Crippen molar-refractivity contribution in [2.75, 3.05) is 26.7 Å². The summed E-state index contributed by atoms with van der Waals surface area (Å²) in [5, 5.41) is 5.55. The Hall–Kier alpha value is 0.390. The van der Waals surface area contributed by atoms with Gasteiger partial charge >= 0.3 is 0 Å². The third-order valence-corrected chi connectivity index (χ3v) is 4.68. The van der Waals surface area contributed by atoms with Crippen molar-refractivity contribution in [3.63, 3.8) is 0 Å². The molecule has 1 atom stereocenters. The quantitative estimate of drug-likeness (QED) is 0.905. The molecule has 98 valence electrons. The van der Waals surface area contributed by atoms with Crippen molar-refractivity contribution in [3.8, 4) is 0 Å². The SMILES string of the molecule is CNCC1CCCN(Cc2csc(Br)c2)C1.Cl. The highest BCUT2D eigenvalue weighted by atomic mass is 79.9. The molecule has 0 aromatic carbocycles. The van der Waals surface area contributed by atoms with Gasteiger partial charge in [-0.2, -0.15) is 0 Å². The number of nitrogens with one attached hydrogen (secondary N) is 1. The first-order valence-electron chi connectivity index (χ1n) is 5.88. The van der Waals surface area contributed by atoms with Crippen LogP contribution in [0.3, 0.4) is 0 Å². The third-order valence-electron chi connectivity index (χ3n) is 3.12. The van der Waals surface area contributed by atoms with Gasteiger partial charge in [-0.3, -0.25) is 4.90 Å². The number of rotatable bonds is 4. The summed E-state index contributed by atoms with van der Waals surface area (Å²) in [6.45, 7) is 4.77. The van der Waals surface area contributed by atoms with Crippen LogP contribution in [0.5, 0.6) is 0 Å². The maximum atomic E-state index is 3.52. The lowest BCUT2D eigenvalue weighted by Gasteiger charge is -2.32. The second kappa shape index (κ2) is 7.74. The van der Waals surface area contributed by atoms with E-state index in [-0.39, 0.29) is 12.4 Å². The van der Waals surface area contributed by atoms with Gasteiger partial charge in [0.25, 0.3) is 0 Å². The topological polar surface area (TPSA) is 15.3 Å². The first kappa shape index (κ1) is 15.4. The number of hydrogen-bond acceptors (Lipinski definition) is 3. The van der Waals surface area contributed by atoms with Crippen LogP contribution in [0.15, 0.2) is 15.2 Å². The highest BCUT2D eigenvalue weighted by Crippen LogP contribution is 2.23. The summed E-state index contributed by atoms with van der Waals surface area (Å²) in [5.74, 6) is 0.834. The van der Waals surface area contributed by atoms with Gasteiger partial charge in [0.15, 0.2) is 0 Å². The molecule has 1 aliphatic heterocycles. The fourth-order valence-corrected chi connectivity index (χ4v) is 3.64. The Morgan fingerprint density at radius 1 is 1.59 bits per heavy atom. The van der Waals surface area contributed by atoms with Crippen molar-refractivity contribution in [1.82, 2.24) is 10.2 Å². The van der Waals surface area contributed by atoms with E-state index in [9.17, 15) is 0 Å². The summed E-state index contributed by atoms with van der Waals surface area (Å²) in [5.41, 5.74) is 1.45. The second-order valence-corrected chi connectivity index (χ2v) is 6.85. The number of hydrogen-bond donors (Lipinski definition) is 1. The molecule has 0 radical (unpaired) electrons. The van der Waals surface area contributed by atoms with Crippen molar-refractivity contribution in [2.24, 2.45) is 5.92 Å². The molecule has 2 nitrogen and oxygen atoms in total. The van der Waals surface area contributed by atoms with Crippen LogP contribution in [-0.2, 0) is 6.54 Å². The average Bonchev–Trinajstić information content (AvgIpc) is 2.65. The molecule has 2 rings (SSSR count). The maximum absolute atomic E-state index is 3.52. The van der Waals surface area contributed by atoms with Gasteiger partial charge in [-0.05, 0) is 71.8 Å². The van der Waals surface area contributed by atoms with Crippen LogP contribution in [0.4, 0.5) is 0 Å². The summed E-state index contributed by atoms with van der Waals surface area (Å²) in [4.78, 5) is 2.58. The van der Waals surface area contributed by atoms with Crippen molar-refractivity contribution in [3.05, 3.63) is 20.8 Å². The molecule has 1 aliphatic rings. The Labute approximate surface area is 122 Å². The van der Waals surface area contributed by atoms with E-state index in [1.807, 2.05) is 0 Å². The number of nitrogens with zero attached hydrogens (tertiary/aromatic N) is 1. The van der Waals surface area contributed by atoms with Gasteiger partial charge in [0.1, 0.15) is 0 Å². The molecule has 0 saturated carbocycles. The van der Waals surface area contributed by atoms with E-state index < -0.39 is 0 Å². The molecule has 0 amide bonds. The Kier molecular flexibility index (Phi) is 7.04. The van der Waals surface area contributed by atoms with Crippen LogP contribution < -0.4 is 5.32 Å². The molecule has 0 aliphatic carbocycles. The second-order valence-electron chi connectivity index (χ2n) is 4.56. The van der Waals surface area contributed by atoms with Gasteiger partial charge in [0, 0.05) is 13.1 Å². The fourth-order valence-electron chi connectivity index (χ4n) is 2.44. The average molecular weight is 340 g/mol. The Morgan fingerprint density at radius 3 is 3.06 bits per heavy atom. The third kappa shape index (κ3) is 4.87. The zero-order valence-corrected chi connectivity index (χ0v) is 13.3. The van der Waals surface area contributed by atoms with E-state index in [0.29, 0.717) is 0 Å². The lowest BCUT2D eigenvalue weighted by molar-refractivity contribution is 0.167. The van der Waals surface area contributed by atoms with Crippen LogP contribution in [-0.4, -0.2) is 31.6 Å². The summed E-state index contributed by atoms with van der Waals surface area (Å²) in [7, 11) is 2.05. The molecule has 17 heavy (non-hydrogen) atoms. The van der Waals surface area contributed by atoms with Gasteiger partial charge in [-0.1, -0.05) is 0 Å². The normalized spacial score (nSPS) is 21.2. The molecule has 1 aromatic rings. The lowest BCUT2D eigenvalue weighted by atomic mass is 9.98. The Balaban J connectivity index is 0.00000144. The summed E-state index contributed by atoms with van der Waals surface area (Å²) >= 11 is 5.31. The zero-order valence-electron chi connectivity index (χ0n) is 10.1. The van der Waals surface area contributed by atoms with Crippen LogP contribution in [0.1, 0.15) is 18.4 Å². The van der Waals surface area contributed by atoms with Gasteiger partial charge in [0.05, 0.1) is 3.79 Å². The standard InChI is InChI=1S/C12H19BrN2S.ClH/c1-14-6-10-3-2-4-15(7-10)8-11-5-12(13)16-9-11;/h5,9-10,14H,2-4,6-8H2,1H3;1H. The molecular weight excluding hydrogens is 320 g/mol. The van der Waals surface area contributed by atoms with E-state index in [4.69, 9.17) is 0 Å². The smallest absolute Gasteiger partial charge is 0.0701 e. The highest BCUT2D eigenvalue weighted by Gasteiger charge is 2.19. The highest BCUT2D eigenvalue weighted by molar-refractivity contribution is 9.11. The van der Waals surface area contributed by atoms with Crippen molar-refractivity contribution < 1.29 is 0 Å². The summed E-state index contributed by atoms with van der Waals surface area (Å²) < 4.78 is 1.24. The largest absolute Gasteiger partial charge is 0.319 e. The molecule has 0 spiro atoms. The Morgan fingerprint density at radius 2 is 2.41 bits per heavy atom. The number of likely N-dealkylation sites (tertiary alicyclic amines) is 1. The molecule has 1 aromatic heterocycles. The molecule has 1 unspecified atom stereocenters. The minimum atomic E-state index is 0. The number of thiophene rings is 1. The van der Waals surface area contributed by atoms with E-state index >= 15 is 0 Å². The van der Waals surface area contributed by atoms with Crippen molar-refractivity contribution in [2.45, 2.75) is 19.4 Å². The first-order chi connectivity index (χ1) is 7.78. The van der Waals surface area contributed by atoms with Crippen LogP contribution in [0.25, 0.3) is 0 Å². The van der Waals surface area contributed by atoms with Crippen LogP contribution in [0.2, 0.25) is 0 Å². The predicted octanol–water partition coefficient (Wildman–Crippen LogP) is 3.36. The Bertz CT molecular complexity index is 330. The molecule has 5 heteroatoms. The fraction of sp³-hybridized carbons (Fsp3) is 0.667. The number of halogens is 2. The van der Waals surface area contributed by atoms with E-state index in [2.05, 4.69) is 44.6 Å². The van der Waals surface area contributed by atoms with Gasteiger partial charge in [-0.25, -0.2) is 0 Å². The van der Waals surface area contributed by atoms with Gasteiger partial charge in [0.2, 0.25) is 0 Å². The van der Waals surface area contributed by atoms with E-state index in [1.54, 1.807) is 11.3 Å². The van der Waals surface area contributed by atoms with Crippen LogP contribution >= 0.6 is 39.7 Å². The molecule has 1 N–H and O–H groups in total. The zero-order chi connectivity index (χ0) is 11.4.